The standard InChI is InChI=1S/C26H30N4O5/c1-2-21(20-11-5-6-12-22(20)35-17-24(32)29-14-7-8-15-29)27-23(31)13-16-30-26(34)19-10-4-3-9-18(19)25(33)28-30/h3-6,9-12,21H,2,7-8,13-17H2,1H3,(H,27,31)(H,28,33). The summed E-state index contributed by atoms with van der Waals surface area (Å²) in [6.07, 6.45) is 2.66. The molecule has 4 rings (SSSR count). The van der Waals surface area contributed by atoms with Gasteiger partial charge in [-0.3, -0.25) is 24.3 Å². The number of benzene rings is 2. The summed E-state index contributed by atoms with van der Waals surface area (Å²) in [5.74, 6) is 0.257. The second-order valence-corrected chi connectivity index (χ2v) is 8.64. The molecule has 1 fully saturated rings. The van der Waals surface area contributed by atoms with Crippen molar-refractivity contribution in [1.82, 2.24) is 20.0 Å². The maximum Gasteiger partial charge on any atom is 0.273 e. The fourth-order valence-corrected chi connectivity index (χ4v) is 4.38. The molecule has 184 valence electrons. The van der Waals surface area contributed by atoms with E-state index < -0.39 is 0 Å². The van der Waals surface area contributed by atoms with Crippen molar-refractivity contribution in [2.24, 2.45) is 0 Å². The molecule has 3 aromatic rings. The average Bonchev–Trinajstić information content (AvgIpc) is 3.43. The van der Waals surface area contributed by atoms with Crippen LogP contribution in [0.5, 0.6) is 5.75 Å². The Morgan fingerprint density at radius 2 is 1.71 bits per heavy atom. The monoisotopic (exact) mass is 478 g/mol. The zero-order valence-electron chi connectivity index (χ0n) is 19.8. The molecule has 1 atom stereocenters. The molecule has 0 radical (unpaired) electrons. The number of rotatable bonds is 9. The number of H-pyrrole nitrogens is 1. The molecule has 1 saturated heterocycles. The van der Waals surface area contributed by atoms with Crippen LogP contribution in [0.3, 0.4) is 0 Å². The number of aromatic amines is 1. The number of para-hydroxylation sites is 1. The van der Waals surface area contributed by atoms with E-state index in [0.29, 0.717) is 22.9 Å². The highest BCUT2D eigenvalue weighted by molar-refractivity contribution is 5.80. The Morgan fingerprint density at radius 3 is 2.46 bits per heavy atom. The van der Waals surface area contributed by atoms with Crippen LogP contribution in [0.2, 0.25) is 0 Å². The molecule has 2 aromatic carbocycles. The molecule has 1 aromatic heterocycles. The fraction of sp³-hybridized carbons (Fsp3) is 0.385. The van der Waals surface area contributed by atoms with E-state index in [2.05, 4.69) is 10.4 Å². The molecule has 35 heavy (non-hydrogen) atoms. The lowest BCUT2D eigenvalue weighted by atomic mass is 10.0. The lowest BCUT2D eigenvalue weighted by Crippen LogP contribution is -2.34. The third-order valence-electron chi connectivity index (χ3n) is 6.29. The van der Waals surface area contributed by atoms with Gasteiger partial charge in [-0.25, -0.2) is 4.68 Å². The Kier molecular flexibility index (Phi) is 7.64. The molecule has 2 N–H and O–H groups in total. The number of amides is 2. The van der Waals surface area contributed by atoms with E-state index in [9.17, 15) is 19.2 Å². The topological polar surface area (TPSA) is 114 Å². The highest BCUT2D eigenvalue weighted by atomic mass is 16.5. The van der Waals surface area contributed by atoms with Crippen LogP contribution in [0.1, 0.15) is 44.2 Å². The Labute approximate surface area is 202 Å². The summed E-state index contributed by atoms with van der Waals surface area (Å²) in [5.41, 5.74) is 0.0666. The first kappa shape index (κ1) is 24.3. The molecule has 2 amide bonds. The Bertz CT molecular complexity index is 1320. The molecular weight excluding hydrogens is 448 g/mol. The van der Waals surface area contributed by atoms with Gasteiger partial charge in [0.25, 0.3) is 17.0 Å². The van der Waals surface area contributed by atoms with Gasteiger partial charge in [0, 0.05) is 25.1 Å². The summed E-state index contributed by atoms with van der Waals surface area (Å²) in [6.45, 7) is 3.48. The van der Waals surface area contributed by atoms with E-state index in [1.807, 2.05) is 25.1 Å². The van der Waals surface area contributed by atoms with Gasteiger partial charge in [0.15, 0.2) is 6.61 Å². The Morgan fingerprint density at radius 1 is 1.03 bits per heavy atom. The van der Waals surface area contributed by atoms with E-state index in [4.69, 9.17) is 4.74 Å². The number of nitrogens with one attached hydrogen (secondary N) is 2. The minimum atomic E-state index is -0.374. The number of likely N-dealkylation sites (tertiary alicyclic amines) is 1. The summed E-state index contributed by atoms with van der Waals surface area (Å²) in [4.78, 5) is 51.9. The lowest BCUT2D eigenvalue weighted by Gasteiger charge is -2.22. The Balaban J connectivity index is 1.41. The third-order valence-corrected chi connectivity index (χ3v) is 6.29. The highest BCUT2D eigenvalue weighted by Crippen LogP contribution is 2.27. The van der Waals surface area contributed by atoms with Gasteiger partial charge in [-0.05, 0) is 37.5 Å². The summed E-state index contributed by atoms with van der Waals surface area (Å²) in [5, 5.41) is 6.17. The quantitative estimate of drug-likeness (QED) is 0.490. The number of hydrogen-bond acceptors (Lipinski definition) is 5. The van der Waals surface area contributed by atoms with Crippen molar-refractivity contribution in [3.63, 3.8) is 0 Å². The van der Waals surface area contributed by atoms with Crippen LogP contribution in [0.4, 0.5) is 0 Å². The van der Waals surface area contributed by atoms with Gasteiger partial charge in [-0.1, -0.05) is 37.3 Å². The van der Waals surface area contributed by atoms with Gasteiger partial charge in [0.05, 0.1) is 23.4 Å². The molecule has 0 spiro atoms. The highest BCUT2D eigenvalue weighted by Gasteiger charge is 2.21. The number of aryl methyl sites for hydroxylation is 1. The predicted octanol–water partition coefficient (Wildman–Crippen LogP) is 2.35. The average molecular weight is 479 g/mol. The number of aromatic nitrogens is 2. The van der Waals surface area contributed by atoms with E-state index in [1.165, 1.54) is 4.68 Å². The summed E-state index contributed by atoms with van der Waals surface area (Å²) in [7, 11) is 0. The SMILES string of the molecule is CCC(NC(=O)CCn1[nH]c(=O)c2ccccc2c1=O)c1ccccc1OCC(=O)N1CCCC1. The van der Waals surface area contributed by atoms with E-state index in [-0.39, 0.29) is 48.5 Å². The molecule has 0 aliphatic carbocycles. The van der Waals surface area contributed by atoms with Crippen LogP contribution in [0.25, 0.3) is 10.8 Å². The molecule has 9 heteroatoms. The van der Waals surface area contributed by atoms with Crippen LogP contribution in [-0.2, 0) is 16.1 Å². The van der Waals surface area contributed by atoms with Gasteiger partial charge >= 0.3 is 0 Å². The molecule has 0 saturated carbocycles. The maximum absolute atomic E-state index is 12.8. The second-order valence-electron chi connectivity index (χ2n) is 8.64. The van der Waals surface area contributed by atoms with Gasteiger partial charge < -0.3 is 15.0 Å². The number of fused-ring (bicyclic) bond motifs is 1. The molecule has 0 bridgehead atoms. The largest absolute Gasteiger partial charge is 0.483 e. The fourth-order valence-electron chi connectivity index (χ4n) is 4.38. The first-order valence-corrected chi connectivity index (χ1v) is 12.0. The number of carbonyl (C=O) groups excluding carboxylic acids is 2. The van der Waals surface area contributed by atoms with Crippen LogP contribution < -0.4 is 21.2 Å². The van der Waals surface area contributed by atoms with Crippen molar-refractivity contribution >= 4 is 22.6 Å². The minimum absolute atomic E-state index is 0.0150. The van der Waals surface area contributed by atoms with Crippen molar-refractivity contribution in [3.8, 4) is 5.75 Å². The van der Waals surface area contributed by atoms with Gasteiger partial charge in [-0.15, -0.1) is 0 Å². The van der Waals surface area contributed by atoms with Crippen molar-refractivity contribution in [2.75, 3.05) is 19.7 Å². The van der Waals surface area contributed by atoms with E-state index in [1.54, 1.807) is 35.2 Å². The first-order chi connectivity index (χ1) is 17.0. The van der Waals surface area contributed by atoms with Crippen LogP contribution in [0, 0.1) is 0 Å². The maximum atomic E-state index is 12.8. The Hall–Kier alpha value is -3.88. The van der Waals surface area contributed by atoms with Gasteiger partial charge in [0.2, 0.25) is 5.91 Å². The second kappa shape index (κ2) is 11.0. The van der Waals surface area contributed by atoms with Crippen molar-refractivity contribution < 1.29 is 14.3 Å². The number of ether oxygens (including phenoxy) is 1. The normalized spacial score (nSPS) is 14.1. The predicted molar refractivity (Wildman–Crippen MR) is 132 cm³/mol. The number of carbonyl (C=O) groups is 2. The minimum Gasteiger partial charge on any atom is -0.483 e. The molecule has 1 aliphatic rings. The summed E-state index contributed by atoms with van der Waals surface area (Å²) >= 11 is 0. The van der Waals surface area contributed by atoms with Crippen LogP contribution in [-0.4, -0.2) is 46.2 Å². The molecule has 9 nitrogen and oxygen atoms in total. The van der Waals surface area contributed by atoms with E-state index in [0.717, 1.165) is 31.5 Å². The molecule has 1 unspecified atom stereocenters. The smallest absolute Gasteiger partial charge is 0.273 e. The number of nitrogens with zero attached hydrogens (tertiary/aromatic N) is 2. The number of hydrogen-bond donors (Lipinski definition) is 2. The molecule has 2 heterocycles. The van der Waals surface area contributed by atoms with Crippen molar-refractivity contribution in [3.05, 3.63) is 74.8 Å². The third kappa shape index (κ3) is 5.62. The molecular formula is C26H30N4O5. The van der Waals surface area contributed by atoms with Crippen molar-refractivity contribution in [2.45, 2.75) is 45.2 Å². The summed E-state index contributed by atoms with van der Waals surface area (Å²) in [6, 6.07) is 13.6. The first-order valence-electron chi connectivity index (χ1n) is 12.0. The van der Waals surface area contributed by atoms with Gasteiger partial charge in [-0.2, -0.15) is 0 Å². The van der Waals surface area contributed by atoms with Crippen LogP contribution in [0.15, 0.2) is 58.1 Å². The lowest BCUT2D eigenvalue weighted by molar-refractivity contribution is -0.132. The molecule has 1 aliphatic heterocycles. The van der Waals surface area contributed by atoms with Gasteiger partial charge in [0.1, 0.15) is 5.75 Å². The summed E-state index contributed by atoms with van der Waals surface area (Å²) < 4.78 is 7.02. The zero-order valence-corrected chi connectivity index (χ0v) is 19.8. The van der Waals surface area contributed by atoms with Crippen LogP contribution >= 0.6 is 0 Å². The zero-order chi connectivity index (χ0) is 24.8. The van der Waals surface area contributed by atoms with E-state index >= 15 is 0 Å². The van der Waals surface area contributed by atoms with Crippen molar-refractivity contribution in [1.29, 1.82) is 0 Å².